The standard InChI is InChI=1S/C15H15FN2O2/c1-9-6-7-12(11(8-9)15(17)18-19)20-13-5-3-4-10(2)14(13)16/h3-8,19H,1-2H3,(H2,17,18). The lowest BCUT2D eigenvalue weighted by Crippen LogP contribution is -2.14. The summed E-state index contributed by atoms with van der Waals surface area (Å²) < 4.78 is 19.5. The molecule has 2 aromatic rings. The van der Waals surface area contributed by atoms with Crippen molar-refractivity contribution in [3.63, 3.8) is 0 Å². The third-order valence-electron chi connectivity index (χ3n) is 2.90. The Kier molecular flexibility index (Phi) is 3.89. The van der Waals surface area contributed by atoms with Crippen LogP contribution in [0, 0.1) is 19.7 Å². The second kappa shape index (κ2) is 5.61. The number of halogens is 1. The molecular formula is C15H15FN2O2. The van der Waals surface area contributed by atoms with Gasteiger partial charge in [0.2, 0.25) is 0 Å². The quantitative estimate of drug-likeness (QED) is 0.390. The first-order chi connectivity index (χ1) is 9.52. The predicted octanol–water partition coefficient (Wildman–Crippen LogP) is 3.33. The molecule has 0 aliphatic heterocycles. The van der Waals surface area contributed by atoms with Gasteiger partial charge in [0.25, 0.3) is 0 Å². The van der Waals surface area contributed by atoms with E-state index < -0.39 is 5.82 Å². The Hall–Kier alpha value is -2.56. The van der Waals surface area contributed by atoms with Crippen LogP contribution >= 0.6 is 0 Å². The first-order valence-corrected chi connectivity index (χ1v) is 6.04. The monoisotopic (exact) mass is 274 g/mol. The molecule has 0 aliphatic rings. The molecule has 104 valence electrons. The molecule has 0 aliphatic carbocycles. The van der Waals surface area contributed by atoms with Gasteiger partial charge in [0.1, 0.15) is 5.75 Å². The van der Waals surface area contributed by atoms with Crippen LogP contribution in [0.3, 0.4) is 0 Å². The van der Waals surface area contributed by atoms with Gasteiger partial charge in [-0.1, -0.05) is 28.9 Å². The molecule has 0 fully saturated rings. The first-order valence-electron chi connectivity index (χ1n) is 6.04. The molecule has 0 bridgehead atoms. The van der Waals surface area contributed by atoms with Crippen molar-refractivity contribution in [2.45, 2.75) is 13.8 Å². The minimum absolute atomic E-state index is 0.0863. The molecule has 0 aromatic heterocycles. The first kappa shape index (κ1) is 13.9. The van der Waals surface area contributed by atoms with Crippen molar-refractivity contribution in [3.8, 4) is 11.5 Å². The number of rotatable bonds is 3. The molecule has 3 N–H and O–H groups in total. The molecule has 0 amide bonds. The van der Waals surface area contributed by atoms with Crippen LogP contribution in [0.1, 0.15) is 16.7 Å². The highest BCUT2D eigenvalue weighted by atomic mass is 19.1. The van der Waals surface area contributed by atoms with Gasteiger partial charge in [-0.2, -0.15) is 0 Å². The fourth-order valence-electron chi connectivity index (χ4n) is 1.80. The van der Waals surface area contributed by atoms with E-state index in [-0.39, 0.29) is 11.6 Å². The fraction of sp³-hybridized carbons (Fsp3) is 0.133. The van der Waals surface area contributed by atoms with E-state index >= 15 is 0 Å². The van der Waals surface area contributed by atoms with Crippen molar-refractivity contribution in [2.24, 2.45) is 10.9 Å². The lowest BCUT2D eigenvalue weighted by atomic mass is 10.1. The van der Waals surface area contributed by atoms with Crippen LogP contribution in [0.15, 0.2) is 41.6 Å². The topological polar surface area (TPSA) is 67.8 Å². The van der Waals surface area contributed by atoms with Gasteiger partial charge in [-0.25, -0.2) is 4.39 Å². The maximum atomic E-state index is 13.9. The molecule has 2 rings (SSSR count). The van der Waals surface area contributed by atoms with E-state index in [9.17, 15) is 4.39 Å². The second-order valence-electron chi connectivity index (χ2n) is 4.47. The molecule has 0 radical (unpaired) electrons. The Labute approximate surface area is 116 Å². The van der Waals surface area contributed by atoms with E-state index in [1.807, 2.05) is 6.92 Å². The molecule has 4 nitrogen and oxygen atoms in total. The molecule has 0 heterocycles. The largest absolute Gasteiger partial charge is 0.454 e. The van der Waals surface area contributed by atoms with E-state index in [1.165, 1.54) is 6.07 Å². The van der Waals surface area contributed by atoms with E-state index in [2.05, 4.69) is 5.16 Å². The smallest absolute Gasteiger partial charge is 0.173 e. The molecule has 0 spiro atoms. The zero-order valence-corrected chi connectivity index (χ0v) is 11.2. The Morgan fingerprint density at radius 3 is 2.65 bits per heavy atom. The van der Waals surface area contributed by atoms with E-state index in [0.717, 1.165) is 5.56 Å². The Bertz CT molecular complexity index is 669. The lowest BCUT2D eigenvalue weighted by molar-refractivity contribution is 0.318. The summed E-state index contributed by atoms with van der Waals surface area (Å²) in [6.07, 6.45) is 0. The third-order valence-corrected chi connectivity index (χ3v) is 2.90. The van der Waals surface area contributed by atoms with Crippen LogP contribution in [0.25, 0.3) is 0 Å². The summed E-state index contributed by atoms with van der Waals surface area (Å²) in [5.41, 5.74) is 7.43. The fourth-order valence-corrected chi connectivity index (χ4v) is 1.80. The lowest BCUT2D eigenvalue weighted by Gasteiger charge is -2.12. The van der Waals surface area contributed by atoms with Crippen LogP contribution in [-0.2, 0) is 0 Å². The maximum absolute atomic E-state index is 13.9. The normalized spacial score (nSPS) is 11.4. The van der Waals surface area contributed by atoms with Crippen LogP contribution in [0.5, 0.6) is 11.5 Å². The van der Waals surface area contributed by atoms with Gasteiger partial charge in [0.05, 0.1) is 5.56 Å². The molecule has 0 unspecified atom stereocenters. The van der Waals surface area contributed by atoms with Crippen LogP contribution in [0.2, 0.25) is 0 Å². The average Bonchev–Trinajstić information content (AvgIpc) is 2.44. The van der Waals surface area contributed by atoms with Crippen molar-refractivity contribution < 1.29 is 14.3 Å². The van der Waals surface area contributed by atoms with Crippen molar-refractivity contribution in [1.29, 1.82) is 0 Å². The number of benzene rings is 2. The Morgan fingerprint density at radius 1 is 1.20 bits per heavy atom. The number of hydrogen-bond donors (Lipinski definition) is 2. The van der Waals surface area contributed by atoms with Gasteiger partial charge in [-0.15, -0.1) is 0 Å². The number of amidine groups is 1. The Morgan fingerprint density at radius 2 is 1.95 bits per heavy atom. The second-order valence-corrected chi connectivity index (χ2v) is 4.47. The SMILES string of the molecule is Cc1ccc(Oc2cccc(C)c2F)c(/C(N)=N/O)c1. The number of aryl methyl sites for hydroxylation is 2. The van der Waals surface area contributed by atoms with E-state index in [4.69, 9.17) is 15.7 Å². The third kappa shape index (κ3) is 2.71. The van der Waals surface area contributed by atoms with Gasteiger partial charge >= 0.3 is 0 Å². The zero-order chi connectivity index (χ0) is 14.7. The molecular weight excluding hydrogens is 259 g/mol. The summed E-state index contributed by atoms with van der Waals surface area (Å²) >= 11 is 0. The molecule has 0 atom stereocenters. The van der Waals surface area contributed by atoms with Crippen molar-refractivity contribution in [2.75, 3.05) is 0 Å². The van der Waals surface area contributed by atoms with E-state index in [1.54, 1.807) is 37.3 Å². The number of hydrogen-bond acceptors (Lipinski definition) is 3. The average molecular weight is 274 g/mol. The minimum atomic E-state index is -0.432. The summed E-state index contributed by atoms with van der Waals surface area (Å²) in [4.78, 5) is 0. The van der Waals surface area contributed by atoms with Crippen LogP contribution in [-0.4, -0.2) is 11.0 Å². The van der Waals surface area contributed by atoms with Gasteiger partial charge in [0.15, 0.2) is 17.4 Å². The maximum Gasteiger partial charge on any atom is 0.173 e. The van der Waals surface area contributed by atoms with Crippen LogP contribution < -0.4 is 10.5 Å². The van der Waals surface area contributed by atoms with Gasteiger partial charge < -0.3 is 15.7 Å². The highest BCUT2D eigenvalue weighted by Gasteiger charge is 2.13. The summed E-state index contributed by atoms with van der Waals surface area (Å²) in [5, 5.41) is 11.8. The van der Waals surface area contributed by atoms with Crippen molar-refractivity contribution in [1.82, 2.24) is 0 Å². The molecule has 5 heteroatoms. The van der Waals surface area contributed by atoms with E-state index in [0.29, 0.717) is 16.9 Å². The molecule has 0 saturated carbocycles. The summed E-state index contributed by atoms with van der Waals surface area (Å²) in [6.45, 7) is 3.52. The predicted molar refractivity (Wildman–Crippen MR) is 74.9 cm³/mol. The van der Waals surface area contributed by atoms with Gasteiger partial charge in [-0.05, 0) is 37.6 Å². The number of nitrogens with zero attached hydrogens (tertiary/aromatic N) is 1. The Balaban J connectivity index is 2.46. The number of ether oxygens (including phenoxy) is 1. The van der Waals surface area contributed by atoms with Crippen molar-refractivity contribution in [3.05, 3.63) is 58.9 Å². The van der Waals surface area contributed by atoms with Gasteiger partial charge in [0, 0.05) is 0 Å². The molecule has 2 aromatic carbocycles. The minimum Gasteiger partial charge on any atom is -0.454 e. The summed E-state index contributed by atoms with van der Waals surface area (Å²) in [6, 6.07) is 10.0. The molecule has 0 saturated heterocycles. The summed E-state index contributed by atoms with van der Waals surface area (Å²) in [7, 11) is 0. The molecule has 20 heavy (non-hydrogen) atoms. The van der Waals surface area contributed by atoms with Crippen LogP contribution in [0.4, 0.5) is 4.39 Å². The number of nitrogens with two attached hydrogens (primary N) is 1. The zero-order valence-electron chi connectivity index (χ0n) is 11.2. The highest BCUT2D eigenvalue weighted by Crippen LogP contribution is 2.29. The number of oxime groups is 1. The summed E-state index contributed by atoms with van der Waals surface area (Å²) in [5.74, 6) is -0.0912. The highest BCUT2D eigenvalue weighted by molar-refractivity contribution is 5.99. The van der Waals surface area contributed by atoms with Crippen molar-refractivity contribution >= 4 is 5.84 Å². The van der Waals surface area contributed by atoms with Gasteiger partial charge in [-0.3, -0.25) is 0 Å².